The summed E-state index contributed by atoms with van der Waals surface area (Å²) in [7, 11) is 1.61. The smallest absolute Gasteiger partial charge is 0.229 e. The van der Waals surface area contributed by atoms with Crippen molar-refractivity contribution in [2.75, 3.05) is 38.7 Å². The first-order chi connectivity index (χ1) is 14.1. The summed E-state index contributed by atoms with van der Waals surface area (Å²) in [5.74, 6) is 1.27. The maximum absolute atomic E-state index is 12.6. The van der Waals surface area contributed by atoms with E-state index in [0.29, 0.717) is 23.6 Å². The minimum Gasteiger partial charge on any atom is -0.497 e. The number of para-hydroxylation sites is 2. The molecule has 3 rings (SSSR count). The van der Waals surface area contributed by atoms with Crippen LogP contribution in [-0.4, -0.2) is 44.2 Å². The first-order valence-electron chi connectivity index (χ1n) is 9.92. The lowest BCUT2D eigenvalue weighted by molar-refractivity contribution is -0.115. The summed E-state index contributed by atoms with van der Waals surface area (Å²) < 4.78 is 16.7. The Kier molecular flexibility index (Phi) is 7.14. The number of furan rings is 1. The van der Waals surface area contributed by atoms with Crippen LogP contribution in [0.15, 0.2) is 53.1 Å². The Morgan fingerprint density at radius 2 is 1.93 bits per heavy atom. The van der Waals surface area contributed by atoms with Gasteiger partial charge in [0, 0.05) is 23.6 Å². The Balaban J connectivity index is 1.64. The van der Waals surface area contributed by atoms with Crippen molar-refractivity contribution in [2.45, 2.75) is 20.3 Å². The first-order valence-corrected chi connectivity index (χ1v) is 9.92. The number of nitrogens with zero attached hydrogens (tertiary/aromatic N) is 1. The van der Waals surface area contributed by atoms with Gasteiger partial charge in [0.25, 0.3) is 0 Å². The number of hydrogen-bond donors (Lipinski definition) is 1. The largest absolute Gasteiger partial charge is 0.497 e. The number of carbonyl (C=O) groups is 1. The fraction of sp³-hybridized carbons (Fsp3) is 0.348. The molecule has 0 radical (unpaired) electrons. The quantitative estimate of drug-likeness (QED) is 0.552. The lowest BCUT2D eigenvalue weighted by Crippen LogP contribution is -2.28. The highest BCUT2D eigenvalue weighted by atomic mass is 16.5. The third-order valence-corrected chi connectivity index (χ3v) is 4.93. The van der Waals surface area contributed by atoms with Crippen molar-refractivity contribution in [2.24, 2.45) is 0 Å². The molecule has 29 heavy (non-hydrogen) atoms. The van der Waals surface area contributed by atoms with Crippen LogP contribution in [-0.2, 0) is 11.2 Å². The molecule has 2 aromatic carbocycles. The fourth-order valence-electron chi connectivity index (χ4n) is 3.22. The SMILES string of the molecule is CCN(CC)CCOc1ccccc1NC(=O)Cc1coc2cc(OC)ccc12. The van der Waals surface area contributed by atoms with Crippen molar-refractivity contribution in [1.29, 1.82) is 0 Å². The van der Waals surface area contributed by atoms with E-state index in [9.17, 15) is 4.79 Å². The number of amides is 1. The third kappa shape index (κ3) is 5.29. The summed E-state index contributed by atoms with van der Waals surface area (Å²) in [6, 6.07) is 13.1. The molecule has 0 saturated heterocycles. The number of benzene rings is 2. The lowest BCUT2D eigenvalue weighted by atomic mass is 10.1. The van der Waals surface area contributed by atoms with Crippen molar-refractivity contribution >= 4 is 22.6 Å². The molecule has 6 nitrogen and oxygen atoms in total. The van der Waals surface area contributed by atoms with Crippen LogP contribution < -0.4 is 14.8 Å². The van der Waals surface area contributed by atoms with Gasteiger partial charge in [0.05, 0.1) is 25.5 Å². The number of likely N-dealkylation sites (N-methyl/N-ethyl adjacent to an activating group) is 1. The van der Waals surface area contributed by atoms with E-state index in [1.807, 2.05) is 42.5 Å². The Hall–Kier alpha value is -2.99. The average Bonchev–Trinajstić information content (AvgIpc) is 3.14. The minimum absolute atomic E-state index is 0.122. The monoisotopic (exact) mass is 396 g/mol. The predicted molar refractivity (Wildman–Crippen MR) is 115 cm³/mol. The molecule has 0 aliphatic carbocycles. The number of hydrogen-bond acceptors (Lipinski definition) is 5. The van der Waals surface area contributed by atoms with E-state index in [4.69, 9.17) is 13.9 Å². The van der Waals surface area contributed by atoms with E-state index in [0.717, 1.165) is 36.3 Å². The van der Waals surface area contributed by atoms with Gasteiger partial charge in [0.2, 0.25) is 5.91 Å². The summed E-state index contributed by atoms with van der Waals surface area (Å²) in [6.07, 6.45) is 1.84. The molecule has 0 aliphatic rings. The van der Waals surface area contributed by atoms with E-state index < -0.39 is 0 Å². The normalized spacial score (nSPS) is 11.0. The standard InChI is InChI=1S/C23H28N2O4/c1-4-25(5-2)12-13-28-21-9-7-6-8-20(21)24-23(26)14-17-16-29-22-15-18(27-3)10-11-19(17)22/h6-11,15-16H,4-5,12-14H2,1-3H3,(H,24,26). The summed E-state index contributed by atoms with van der Waals surface area (Å²) in [5.41, 5.74) is 2.21. The van der Waals surface area contributed by atoms with E-state index in [-0.39, 0.29) is 12.3 Å². The predicted octanol–water partition coefficient (Wildman–Crippen LogP) is 4.34. The molecule has 1 N–H and O–H groups in total. The van der Waals surface area contributed by atoms with Gasteiger partial charge >= 0.3 is 0 Å². The molecule has 0 fully saturated rings. The minimum atomic E-state index is -0.122. The van der Waals surface area contributed by atoms with E-state index in [2.05, 4.69) is 24.1 Å². The lowest BCUT2D eigenvalue weighted by Gasteiger charge is -2.19. The number of fused-ring (bicyclic) bond motifs is 1. The molecule has 0 saturated carbocycles. The van der Waals surface area contributed by atoms with E-state index in [1.165, 1.54) is 0 Å². The molecule has 0 aliphatic heterocycles. The topological polar surface area (TPSA) is 63.9 Å². The molecular formula is C23H28N2O4. The summed E-state index contributed by atoms with van der Waals surface area (Å²) in [5, 5.41) is 3.87. The zero-order valence-electron chi connectivity index (χ0n) is 17.2. The van der Waals surface area contributed by atoms with Crippen molar-refractivity contribution in [3.63, 3.8) is 0 Å². The fourth-order valence-corrected chi connectivity index (χ4v) is 3.22. The number of methoxy groups -OCH3 is 1. The molecule has 6 heteroatoms. The second-order valence-corrected chi connectivity index (χ2v) is 6.72. The van der Waals surface area contributed by atoms with Crippen LogP contribution in [0.1, 0.15) is 19.4 Å². The maximum Gasteiger partial charge on any atom is 0.229 e. The molecule has 154 valence electrons. The maximum atomic E-state index is 12.6. The summed E-state index contributed by atoms with van der Waals surface area (Å²) in [6.45, 7) is 7.66. The van der Waals surface area contributed by atoms with Gasteiger partial charge in [-0.05, 0) is 37.4 Å². The van der Waals surface area contributed by atoms with Crippen LogP contribution in [0.3, 0.4) is 0 Å². The Morgan fingerprint density at radius 1 is 1.14 bits per heavy atom. The van der Waals surface area contributed by atoms with Crippen LogP contribution >= 0.6 is 0 Å². The molecule has 0 spiro atoms. The van der Waals surface area contributed by atoms with Crippen LogP contribution in [0.2, 0.25) is 0 Å². The average molecular weight is 396 g/mol. The second kappa shape index (κ2) is 9.98. The van der Waals surface area contributed by atoms with Crippen molar-refractivity contribution in [3.8, 4) is 11.5 Å². The van der Waals surface area contributed by atoms with E-state index >= 15 is 0 Å². The van der Waals surface area contributed by atoms with Crippen molar-refractivity contribution < 1.29 is 18.7 Å². The number of rotatable bonds is 10. The molecular weight excluding hydrogens is 368 g/mol. The van der Waals surface area contributed by atoms with E-state index in [1.54, 1.807) is 13.4 Å². The summed E-state index contributed by atoms with van der Waals surface area (Å²) >= 11 is 0. The number of carbonyl (C=O) groups excluding carboxylic acids is 1. The molecule has 3 aromatic rings. The van der Waals surface area contributed by atoms with Crippen molar-refractivity contribution in [1.82, 2.24) is 4.90 Å². The van der Waals surface area contributed by atoms with Gasteiger partial charge < -0.3 is 24.1 Å². The Labute approximate surface area is 171 Å². The highest BCUT2D eigenvalue weighted by Crippen LogP contribution is 2.27. The highest BCUT2D eigenvalue weighted by molar-refractivity contribution is 5.96. The molecule has 1 aromatic heterocycles. The van der Waals surface area contributed by atoms with Gasteiger partial charge in [0.1, 0.15) is 23.7 Å². The van der Waals surface area contributed by atoms with Gasteiger partial charge in [-0.3, -0.25) is 4.79 Å². The number of nitrogens with one attached hydrogen (secondary N) is 1. The second-order valence-electron chi connectivity index (χ2n) is 6.72. The van der Waals surface area contributed by atoms with Crippen molar-refractivity contribution in [3.05, 3.63) is 54.3 Å². The molecule has 0 bridgehead atoms. The molecule has 1 amide bonds. The molecule has 0 unspecified atom stereocenters. The first kappa shape index (κ1) is 20.7. The van der Waals surface area contributed by atoms with Gasteiger partial charge in [-0.15, -0.1) is 0 Å². The number of ether oxygens (including phenoxy) is 2. The zero-order valence-corrected chi connectivity index (χ0v) is 17.2. The molecule has 1 heterocycles. The van der Waals surface area contributed by atoms with Gasteiger partial charge in [-0.25, -0.2) is 0 Å². The third-order valence-electron chi connectivity index (χ3n) is 4.93. The highest BCUT2D eigenvalue weighted by Gasteiger charge is 2.13. The van der Waals surface area contributed by atoms with Gasteiger partial charge in [-0.2, -0.15) is 0 Å². The van der Waals surface area contributed by atoms with Crippen LogP contribution in [0.25, 0.3) is 11.0 Å². The van der Waals surface area contributed by atoms with Crippen LogP contribution in [0.5, 0.6) is 11.5 Å². The van der Waals surface area contributed by atoms with Gasteiger partial charge in [0.15, 0.2) is 0 Å². The van der Waals surface area contributed by atoms with Crippen LogP contribution in [0.4, 0.5) is 5.69 Å². The Bertz CT molecular complexity index is 947. The van der Waals surface area contributed by atoms with Crippen LogP contribution in [0, 0.1) is 0 Å². The zero-order chi connectivity index (χ0) is 20.6. The summed E-state index contributed by atoms with van der Waals surface area (Å²) in [4.78, 5) is 14.9. The Morgan fingerprint density at radius 3 is 2.69 bits per heavy atom. The van der Waals surface area contributed by atoms with Gasteiger partial charge in [-0.1, -0.05) is 26.0 Å². The molecule has 0 atom stereocenters. The number of anilines is 1.